The van der Waals surface area contributed by atoms with E-state index in [1.807, 2.05) is 36.4 Å². The monoisotopic (exact) mass is 501 g/mol. The summed E-state index contributed by atoms with van der Waals surface area (Å²) in [4.78, 5) is 2.25. The Bertz CT molecular complexity index is 1790. The zero-order valence-corrected chi connectivity index (χ0v) is 21.0. The number of rotatable bonds is 3. The van der Waals surface area contributed by atoms with Crippen molar-refractivity contribution in [3.05, 3.63) is 140 Å². The molecule has 0 N–H and O–H groups in total. The first-order valence-electron chi connectivity index (χ1n) is 13.1. The van der Waals surface area contributed by atoms with E-state index >= 15 is 0 Å². The molecule has 0 unspecified atom stereocenters. The molecule has 0 radical (unpaired) electrons. The standard InChI is InChI=1S/C36H23NO2/c1-2-10-25(11-3-1)28-12-4-5-13-29(28)26-20-18-24(19-21-26)27-22-34-36-35(23-27)39-33-17-9-7-15-31(33)37(36)30-14-6-8-16-32(30)38-34/h1-23H. The van der Waals surface area contributed by atoms with Gasteiger partial charge in [0, 0.05) is 0 Å². The highest BCUT2D eigenvalue weighted by Crippen LogP contribution is 2.60. The van der Waals surface area contributed by atoms with Crippen LogP contribution in [0.4, 0.5) is 17.1 Å². The molecule has 0 saturated carbocycles. The lowest BCUT2D eigenvalue weighted by Gasteiger charge is -2.38. The molecule has 2 aliphatic heterocycles. The van der Waals surface area contributed by atoms with Crippen LogP contribution < -0.4 is 14.4 Å². The minimum atomic E-state index is 0.786. The zero-order valence-electron chi connectivity index (χ0n) is 21.0. The summed E-state index contributed by atoms with van der Waals surface area (Å²) in [5.74, 6) is 3.23. The molecule has 6 aromatic rings. The Kier molecular flexibility index (Phi) is 4.82. The van der Waals surface area contributed by atoms with Crippen molar-refractivity contribution in [1.29, 1.82) is 0 Å². The molecule has 3 nitrogen and oxygen atoms in total. The van der Waals surface area contributed by atoms with Gasteiger partial charge < -0.3 is 9.47 Å². The summed E-state index contributed by atoms with van der Waals surface area (Å²) in [7, 11) is 0. The molecule has 3 heteroatoms. The highest BCUT2D eigenvalue weighted by atomic mass is 16.5. The van der Waals surface area contributed by atoms with E-state index in [2.05, 4.69) is 108 Å². The van der Waals surface area contributed by atoms with Crippen molar-refractivity contribution in [2.75, 3.05) is 4.90 Å². The summed E-state index contributed by atoms with van der Waals surface area (Å²) in [6.07, 6.45) is 0. The first-order chi connectivity index (χ1) is 19.3. The normalized spacial score (nSPS) is 12.5. The third-order valence-electron chi connectivity index (χ3n) is 7.46. The summed E-state index contributed by atoms with van der Waals surface area (Å²) in [5, 5.41) is 0. The van der Waals surface area contributed by atoms with Crippen LogP contribution in [-0.2, 0) is 0 Å². The number of anilines is 3. The van der Waals surface area contributed by atoms with Gasteiger partial charge >= 0.3 is 0 Å². The Labute approximate surface area is 227 Å². The van der Waals surface area contributed by atoms with Crippen LogP contribution in [0.2, 0.25) is 0 Å². The van der Waals surface area contributed by atoms with E-state index in [1.165, 1.54) is 22.3 Å². The molecular weight excluding hydrogens is 478 g/mol. The molecule has 0 atom stereocenters. The van der Waals surface area contributed by atoms with Crippen LogP contribution >= 0.6 is 0 Å². The first-order valence-corrected chi connectivity index (χ1v) is 13.1. The fourth-order valence-corrected chi connectivity index (χ4v) is 5.64. The molecule has 0 fully saturated rings. The first kappa shape index (κ1) is 21.8. The molecule has 0 bridgehead atoms. The average Bonchev–Trinajstić information content (AvgIpc) is 3.01. The van der Waals surface area contributed by atoms with E-state index in [1.54, 1.807) is 0 Å². The van der Waals surface area contributed by atoms with E-state index in [0.29, 0.717) is 0 Å². The van der Waals surface area contributed by atoms with Crippen molar-refractivity contribution in [3.63, 3.8) is 0 Å². The third-order valence-corrected chi connectivity index (χ3v) is 7.46. The van der Waals surface area contributed by atoms with Gasteiger partial charge in [0.05, 0.1) is 11.4 Å². The van der Waals surface area contributed by atoms with E-state index in [4.69, 9.17) is 9.47 Å². The Morgan fingerprint density at radius 1 is 0.359 bits per heavy atom. The van der Waals surface area contributed by atoms with Gasteiger partial charge in [-0.3, -0.25) is 4.90 Å². The molecule has 0 spiro atoms. The molecule has 0 amide bonds. The molecule has 8 rings (SSSR count). The number of para-hydroxylation sites is 4. The molecule has 0 aromatic heterocycles. The minimum Gasteiger partial charge on any atom is -0.453 e. The van der Waals surface area contributed by atoms with Crippen molar-refractivity contribution in [3.8, 4) is 56.4 Å². The SMILES string of the molecule is c1ccc(-c2ccccc2-c2ccc(-c3cc4c5c(c3)Oc3ccccc3N5c3ccccc3O4)cc2)cc1. The van der Waals surface area contributed by atoms with Gasteiger partial charge in [-0.2, -0.15) is 0 Å². The molecular formula is C36H23NO2. The van der Waals surface area contributed by atoms with Crippen LogP contribution in [-0.4, -0.2) is 0 Å². The van der Waals surface area contributed by atoms with Crippen LogP contribution in [0.1, 0.15) is 0 Å². The van der Waals surface area contributed by atoms with Gasteiger partial charge in [-0.25, -0.2) is 0 Å². The lowest BCUT2D eigenvalue weighted by molar-refractivity contribution is 0.446. The van der Waals surface area contributed by atoms with Gasteiger partial charge in [-0.1, -0.05) is 103 Å². The number of hydrogen-bond acceptors (Lipinski definition) is 3. The molecule has 39 heavy (non-hydrogen) atoms. The summed E-state index contributed by atoms with van der Waals surface area (Å²) in [6, 6.07) is 48.4. The van der Waals surface area contributed by atoms with Crippen molar-refractivity contribution < 1.29 is 9.47 Å². The second-order valence-corrected chi connectivity index (χ2v) is 9.79. The number of hydrogen-bond donors (Lipinski definition) is 0. The molecule has 2 heterocycles. The van der Waals surface area contributed by atoms with Crippen LogP contribution in [0, 0.1) is 0 Å². The summed E-state index contributed by atoms with van der Waals surface area (Å²) >= 11 is 0. The highest BCUT2D eigenvalue weighted by Gasteiger charge is 2.34. The highest BCUT2D eigenvalue weighted by molar-refractivity contribution is 5.95. The topological polar surface area (TPSA) is 21.7 Å². The van der Waals surface area contributed by atoms with Crippen LogP contribution in [0.3, 0.4) is 0 Å². The van der Waals surface area contributed by atoms with E-state index in [-0.39, 0.29) is 0 Å². The maximum absolute atomic E-state index is 6.44. The van der Waals surface area contributed by atoms with Gasteiger partial charge in [0.25, 0.3) is 0 Å². The van der Waals surface area contributed by atoms with Gasteiger partial charge in [-0.15, -0.1) is 0 Å². The predicted octanol–water partition coefficient (Wildman–Crippen LogP) is 10.4. The second-order valence-electron chi connectivity index (χ2n) is 9.79. The molecule has 184 valence electrons. The predicted molar refractivity (Wildman–Crippen MR) is 158 cm³/mol. The maximum atomic E-state index is 6.44. The summed E-state index contributed by atoms with van der Waals surface area (Å²) in [5.41, 5.74) is 9.94. The smallest absolute Gasteiger partial charge is 0.156 e. The van der Waals surface area contributed by atoms with E-state index < -0.39 is 0 Å². The van der Waals surface area contributed by atoms with Gasteiger partial charge in [0.2, 0.25) is 0 Å². The average molecular weight is 502 g/mol. The van der Waals surface area contributed by atoms with E-state index in [0.717, 1.165) is 51.2 Å². The van der Waals surface area contributed by atoms with Crippen LogP contribution in [0.15, 0.2) is 140 Å². The van der Waals surface area contributed by atoms with Crippen LogP contribution in [0.5, 0.6) is 23.0 Å². The Morgan fingerprint density at radius 2 is 0.821 bits per heavy atom. The fraction of sp³-hybridized carbons (Fsp3) is 0. The quantitative estimate of drug-likeness (QED) is 0.240. The number of benzene rings is 6. The Balaban J connectivity index is 1.22. The number of nitrogens with zero attached hydrogens (tertiary/aromatic N) is 1. The minimum absolute atomic E-state index is 0.786. The Hall–Kier alpha value is -5.28. The van der Waals surface area contributed by atoms with Gasteiger partial charge in [-0.05, 0) is 69.8 Å². The molecule has 0 saturated heterocycles. The number of fused-ring (bicyclic) bond motifs is 4. The largest absolute Gasteiger partial charge is 0.453 e. The molecule has 0 aliphatic carbocycles. The second kappa shape index (κ2) is 8.64. The Morgan fingerprint density at radius 3 is 1.41 bits per heavy atom. The van der Waals surface area contributed by atoms with Gasteiger partial charge in [0.15, 0.2) is 23.0 Å². The van der Waals surface area contributed by atoms with Crippen molar-refractivity contribution >= 4 is 17.1 Å². The fourth-order valence-electron chi connectivity index (χ4n) is 5.64. The zero-order chi connectivity index (χ0) is 25.8. The number of ether oxygens (including phenoxy) is 2. The molecule has 6 aromatic carbocycles. The van der Waals surface area contributed by atoms with Crippen molar-refractivity contribution in [2.45, 2.75) is 0 Å². The van der Waals surface area contributed by atoms with E-state index in [9.17, 15) is 0 Å². The van der Waals surface area contributed by atoms with Crippen molar-refractivity contribution in [2.24, 2.45) is 0 Å². The van der Waals surface area contributed by atoms with Gasteiger partial charge in [0.1, 0.15) is 5.69 Å². The third kappa shape index (κ3) is 3.52. The van der Waals surface area contributed by atoms with Crippen LogP contribution in [0.25, 0.3) is 33.4 Å². The maximum Gasteiger partial charge on any atom is 0.156 e. The molecule has 2 aliphatic rings. The summed E-state index contributed by atoms with van der Waals surface area (Å²) in [6.45, 7) is 0. The lowest BCUT2D eigenvalue weighted by atomic mass is 9.93. The summed E-state index contributed by atoms with van der Waals surface area (Å²) < 4.78 is 12.9. The van der Waals surface area contributed by atoms with Crippen molar-refractivity contribution in [1.82, 2.24) is 0 Å². The lowest BCUT2D eigenvalue weighted by Crippen LogP contribution is -2.20.